The number of amides is 2. The summed E-state index contributed by atoms with van der Waals surface area (Å²) in [6.45, 7) is 0. The maximum Gasteiger partial charge on any atom is 0.248 e. The number of benzene rings is 2. The normalized spacial score (nSPS) is 10.1. The number of ether oxygens (including phenoxy) is 3. The van der Waals surface area contributed by atoms with E-state index in [0.717, 1.165) is 11.8 Å². The van der Waals surface area contributed by atoms with Gasteiger partial charge in [-0.2, -0.15) is 0 Å². The Morgan fingerprint density at radius 2 is 1.61 bits per heavy atom. The number of thioether (sulfide) groups is 1. The van der Waals surface area contributed by atoms with E-state index in [2.05, 4.69) is 10.9 Å². The van der Waals surface area contributed by atoms with Gasteiger partial charge in [-0.15, -0.1) is 11.8 Å². The molecule has 28 heavy (non-hydrogen) atoms. The van der Waals surface area contributed by atoms with Crippen LogP contribution in [0.25, 0.3) is 0 Å². The van der Waals surface area contributed by atoms with Gasteiger partial charge in [-0.3, -0.25) is 20.4 Å². The van der Waals surface area contributed by atoms with Crippen LogP contribution in [0.3, 0.4) is 0 Å². The van der Waals surface area contributed by atoms with Crippen molar-refractivity contribution in [2.24, 2.45) is 0 Å². The molecule has 2 rings (SSSR count). The molecule has 0 aliphatic carbocycles. The third kappa shape index (κ3) is 5.53. The molecule has 0 saturated heterocycles. The van der Waals surface area contributed by atoms with Crippen LogP contribution in [0.2, 0.25) is 0 Å². The Morgan fingerprint density at radius 3 is 2.25 bits per heavy atom. The van der Waals surface area contributed by atoms with Crippen molar-refractivity contribution in [3.63, 3.8) is 0 Å². The first-order chi connectivity index (χ1) is 13.5. The molecule has 0 aliphatic heterocycles. The molecule has 2 N–H and O–H groups in total. The highest BCUT2D eigenvalue weighted by molar-refractivity contribution is 8.00. The van der Waals surface area contributed by atoms with E-state index in [0.29, 0.717) is 27.7 Å². The first-order valence-electron chi connectivity index (χ1n) is 8.23. The van der Waals surface area contributed by atoms with Gasteiger partial charge in [0.05, 0.1) is 33.5 Å². The number of carbonyl (C=O) groups excluding carboxylic acids is 2. The molecule has 2 aromatic rings. The summed E-state index contributed by atoms with van der Waals surface area (Å²) in [5, 5.41) is 0. The molecule has 0 radical (unpaired) electrons. The summed E-state index contributed by atoms with van der Waals surface area (Å²) in [6.07, 6.45) is -0.0513. The highest BCUT2D eigenvalue weighted by Crippen LogP contribution is 2.39. The Labute approximate surface area is 166 Å². The maximum absolute atomic E-state index is 13.5. The summed E-state index contributed by atoms with van der Waals surface area (Å²) in [4.78, 5) is 24.4. The lowest BCUT2D eigenvalue weighted by molar-refractivity contribution is -0.127. The lowest BCUT2D eigenvalue weighted by Gasteiger charge is -2.15. The van der Waals surface area contributed by atoms with Crippen LogP contribution in [0.15, 0.2) is 41.3 Å². The summed E-state index contributed by atoms with van der Waals surface area (Å²) < 4.78 is 29.3. The number of nitrogens with one attached hydrogen (secondary N) is 2. The summed E-state index contributed by atoms with van der Waals surface area (Å²) >= 11 is 1.04. The van der Waals surface area contributed by atoms with Crippen molar-refractivity contribution in [3.05, 3.63) is 47.8 Å². The summed E-state index contributed by atoms with van der Waals surface area (Å²) in [6, 6.07) is 9.49. The van der Waals surface area contributed by atoms with Crippen LogP contribution < -0.4 is 25.1 Å². The number of hydrogen-bond donors (Lipinski definition) is 2. The van der Waals surface area contributed by atoms with Crippen LogP contribution in [0.5, 0.6) is 17.2 Å². The quantitative estimate of drug-likeness (QED) is 0.515. The molecular weight excluding hydrogens is 387 g/mol. The second kappa shape index (κ2) is 10.4. The lowest BCUT2D eigenvalue weighted by atomic mass is 10.1. The average molecular weight is 408 g/mol. The fourth-order valence-electron chi connectivity index (χ4n) is 2.40. The van der Waals surface area contributed by atoms with E-state index in [4.69, 9.17) is 14.2 Å². The van der Waals surface area contributed by atoms with E-state index in [1.807, 2.05) is 0 Å². The molecule has 0 unspecified atom stereocenters. The van der Waals surface area contributed by atoms with Crippen molar-refractivity contribution < 1.29 is 28.2 Å². The minimum Gasteiger partial charge on any atom is -0.493 e. The van der Waals surface area contributed by atoms with E-state index in [9.17, 15) is 14.0 Å². The number of methoxy groups -OCH3 is 3. The fraction of sp³-hybridized carbons (Fsp3) is 0.263. The molecule has 7 nitrogen and oxygen atoms in total. The van der Waals surface area contributed by atoms with Crippen LogP contribution >= 0.6 is 11.8 Å². The molecule has 150 valence electrons. The second-order valence-electron chi connectivity index (χ2n) is 5.49. The topological polar surface area (TPSA) is 85.9 Å². The minimum atomic E-state index is -0.458. The Balaban J connectivity index is 1.90. The molecule has 0 bridgehead atoms. The van der Waals surface area contributed by atoms with Gasteiger partial charge in [0, 0.05) is 10.5 Å². The molecule has 0 atom stereocenters. The largest absolute Gasteiger partial charge is 0.493 e. The van der Waals surface area contributed by atoms with Crippen LogP contribution in [-0.4, -0.2) is 38.9 Å². The minimum absolute atomic E-state index is 0.0408. The van der Waals surface area contributed by atoms with E-state index >= 15 is 0 Å². The van der Waals surface area contributed by atoms with Gasteiger partial charge in [0.1, 0.15) is 5.82 Å². The number of halogens is 1. The summed E-state index contributed by atoms with van der Waals surface area (Å²) in [5.74, 6) is -0.123. The van der Waals surface area contributed by atoms with Crippen molar-refractivity contribution in [1.29, 1.82) is 0 Å². The Morgan fingerprint density at radius 1 is 0.929 bits per heavy atom. The Hall–Kier alpha value is -2.94. The molecule has 0 fully saturated rings. The first-order valence-corrected chi connectivity index (χ1v) is 9.21. The summed E-state index contributed by atoms with van der Waals surface area (Å²) in [7, 11) is 4.43. The third-order valence-electron chi connectivity index (χ3n) is 3.67. The smallest absolute Gasteiger partial charge is 0.248 e. The van der Waals surface area contributed by atoms with Gasteiger partial charge in [0.15, 0.2) is 11.5 Å². The van der Waals surface area contributed by atoms with Crippen LogP contribution in [-0.2, 0) is 16.0 Å². The monoisotopic (exact) mass is 408 g/mol. The first kappa shape index (κ1) is 21.4. The van der Waals surface area contributed by atoms with E-state index in [1.54, 1.807) is 30.3 Å². The summed E-state index contributed by atoms with van der Waals surface area (Å²) in [5.41, 5.74) is 5.19. The number of hydrogen-bond acceptors (Lipinski definition) is 6. The molecule has 0 aliphatic rings. The number of rotatable bonds is 8. The van der Waals surface area contributed by atoms with Gasteiger partial charge < -0.3 is 14.2 Å². The molecule has 0 heterocycles. The molecule has 0 aromatic heterocycles. The van der Waals surface area contributed by atoms with Gasteiger partial charge in [-0.1, -0.05) is 18.2 Å². The highest BCUT2D eigenvalue weighted by Gasteiger charge is 2.18. The third-order valence-corrected chi connectivity index (χ3v) is 4.72. The van der Waals surface area contributed by atoms with Crippen LogP contribution in [0, 0.1) is 5.82 Å². The molecule has 0 saturated carbocycles. The van der Waals surface area contributed by atoms with Gasteiger partial charge in [0.2, 0.25) is 17.6 Å². The van der Waals surface area contributed by atoms with Crippen LogP contribution in [0.4, 0.5) is 4.39 Å². The molecule has 2 aromatic carbocycles. The zero-order valence-electron chi connectivity index (χ0n) is 15.7. The highest BCUT2D eigenvalue weighted by atomic mass is 32.2. The zero-order valence-corrected chi connectivity index (χ0v) is 16.5. The Bertz CT molecular complexity index is 847. The molecule has 9 heteroatoms. The molecular formula is C19H21FN2O5S. The van der Waals surface area contributed by atoms with Crippen molar-refractivity contribution >= 4 is 23.6 Å². The van der Waals surface area contributed by atoms with Crippen molar-refractivity contribution in [2.45, 2.75) is 11.3 Å². The van der Waals surface area contributed by atoms with E-state index in [-0.39, 0.29) is 12.2 Å². The van der Waals surface area contributed by atoms with Gasteiger partial charge in [-0.25, -0.2) is 4.39 Å². The zero-order chi connectivity index (χ0) is 20.5. The van der Waals surface area contributed by atoms with E-state index in [1.165, 1.54) is 27.4 Å². The van der Waals surface area contributed by atoms with Crippen LogP contribution in [0.1, 0.15) is 5.56 Å². The predicted octanol–water partition coefficient (Wildman–Crippen LogP) is 2.33. The number of hydrazine groups is 1. The average Bonchev–Trinajstić information content (AvgIpc) is 2.71. The standard InChI is InChI=1S/C19H21FN2O5S/c1-25-14-9-8-12(18(26-2)19(14)27-3)10-16(23)21-22-17(24)11-28-15-7-5-4-6-13(15)20/h4-9H,10-11H2,1-3H3,(H,21,23)(H,22,24). The Kier molecular flexibility index (Phi) is 7.94. The fourth-order valence-corrected chi connectivity index (χ4v) is 3.14. The van der Waals surface area contributed by atoms with E-state index < -0.39 is 17.6 Å². The van der Waals surface area contributed by atoms with Crippen molar-refractivity contribution in [2.75, 3.05) is 27.1 Å². The van der Waals surface area contributed by atoms with Crippen molar-refractivity contribution in [1.82, 2.24) is 10.9 Å². The second-order valence-corrected chi connectivity index (χ2v) is 6.50. The number of carbonyl (C=O) groups is 2. The SMILES string of the molecule is COc1ccc(CC(=O)NNC(=O)CSc2ccccc2F)c(OC)c1OC. The molecule has 0 spiro atoms. The van der Waals surface area contributed by atoms with Crippen molar-refractivity contribution in [3.8, 4) is 17.2 Å². The van der Waals surface area contributed by atoms with Gasteiger partial charge in [-0.05, 0) is 18.2 Å². The molecule has 2 amide bonds. The lowest BCUT2D eigenvalue weighted by Crippen LogP contribution is -2.43. The maximum atomic E-state index is 13.5. The predicted molar refractivity (Wildman–Crippen MR) is 103 cm³/mol. The van der Waals surface area contributed by atoms with Gasteiger partial charge in [0.25, 0.3) is 0 Å². The van der Waals surface area contributed by atoms with Gasteiger partial charge >= 0.3 is 0 Å².